The number of nitrogens with one attached hydrogen (secondary N) is 3. The molecule has 4 aromatic rings. The minimum Gasteiger partial charge on any atom is -0.457 e. The fourth-order valence-corrected chi connectivity index (χ4v) is 4.22. The van der Waals surface area contributed by atoms with Gasteiger partial charge < -0.3 is 20.4 Å². The Bertz CT molecular complexity index is 1220. The molecule has 9 heteroatoms. The van der Waals surface area contributed by atoms with Crippen LogP contribution in [0.25, 0.3) is 21.0 Å². The van der Waals surface area contributed by atoms with E-state index in [9.17, 15) is 4.79 Å². The molecule has 0 radical (unpaired) electrons. The standard InChI is InChI=1S/C24H25N5O2S.HI/c1-25-22(30)17-7-5-6-16(14-17)12-13-27-24(26-2)28-15-18-10-11-20(31-18)23-29-19-8-3-4-9-21(19)32-23;/h3-11,14H,12-13,15H2,1-2H3,(H,25,30)(H2,26,27,28);1H. The number of carbonyl (C=O) groups is 1. The lowest BCUT2D eigenvalue weighted by Crippen LogP contribution is -2.37. The lowest BCUT2D eigenvalue weighted by Gasteiger charge is -2.11. The van der Waals surface area contributed by atoms with E-state index in [1.807, 2.05) is 54.6 Å². The zero-order chi connectivity index (χ0) is 22.3. The molecule has 2 aromatic heterocycles. The largest absolute Gasteiger partial charge is 0.457 e. The number of amides is 1. The highest BCUT2D eigenvalue weighted by molar-refractivity contribution is 14.0. The topological polar surface area (TPSA) is 91.5 Å². The molecule has 1 amide bonds. The van der Waals surface area contributed by atoms with Crippen LogP contribution in [-0.4, -0.2) is 37.5 Å². The number of carbonyl (C=O) groups excluding carboxylic acids is 1. The van der Waals surface area contributed by atoms with Gasteiger partial charge in [0.05, 0.1) is 16.8 Å². The summed E-state index contributed by atoms with van der Waals surface area (Å²) in [7, 11) is 3.36. The van der Waals surface area contributed by atoms with Gasteiger partial charge in [-0.25, -0.2) is 4.98 Å². The number of benzene rings is 2. The first-order valence-corrected chi connectivity index (χ1v) is 11.2. The maximum Gasteiger partial charge on any atom is 0.251 e. The molecule has 0 aliphatic carbocycles. The number of guanidine groups is 1. The Morgan fingerprint density at radius 3 is 2.73 bits per heavy atom. The summed E-state index contributed by atoms with van der Waals surface area (Å²) in [5, 5.41) is 10.1. The van der Waals surface area contributed by atoms with E-state index >= 15 is 0 Å². The molecular formula is C24H26IN5O2S. The second-order valence-corrected chi connectivity index (χ2v) is 8.17. The molecule has 2 heterocycles. The molecule has 0 saturated heterocycles. The number of thiazole rings is 1. The maximum absolute atomic E-state index is 11.8. The summed E-state index contributed by atoms with van der Waals surface area (Å²) in [4.78, 5) is 20.7. The number of fused-ring (bicyclic) bond motifs is 1. The number of aromatic nitrogens is 1. The van der Waals surface area contributed by atoms with Crippen LogP contribution in [0.1, 0.15) is 21.7 Å². The van der Waals surface area contributed by atoms with Crippen LogP contribution in [0.5, 0.6) is 0 Å². The average Bonchev–Trinajstić information content (AvgIpc) is 3.48. The van der Waals surface area contributed by atoms with E-state index in [0.29, 0.717) is 24.6 Å². The van der Waals surface area contributed by atoms with Gasteiger partial charge in [0.15, 0.2) is 16.7 Å². The summed E-state index contributed by atoms with van der Waals surface area (Å²) >= 11 is 1.62. The summed E-state index contributed by atoms with van der Waals surface area (Å²) < 4.78 is 7.12. The van der Waals surface area contributed by atoms with E-state index in [0.717, 1.165) is 38.7 Å². The smallest absolute Gasteiger partial charge is 0.251 e. The van der Waals surface area contributed by atoms with Crippen molar-refractivity contribution in [3.05, 3.63) is 77.6 Å². The molecule has 0 fully saturated rings. The Morgan fingerprint density at radius 2 is 1.94 bits per heavy atom. The van der Waals surface area contributed by atoms with Crippen molar-refractivity contribution in [3.63, 3.8) is 0 Å². The number of rotatable bonds is 7. The predicted molar refractivity (Wildman–Crippen MR) is 144 cm³/mol. The first-order valence-electron chi connectivity index (χ1n) is 10.4. The third kappa shape index (κ3) is 6.32. The molecule has 0 saturated carbocycles. The van der Waals surface area contributed by atoms with E-state index in [4.69, 9.17) is 4.42 Å². The number of nitrogens with zero attached hydrogens (tertiary/aromatic N) is 2. The molecule has 0 atom stereocenters. The predicted octanol–water partition coefficient (Wildman–Crippen LogP) is 4.44. The summed E-state index contributed by atoms with van der Waals surface area (Å²) in [5.41, 5.74) is 2.73. The molecule has 0 unspecified atom stereocenters. The van der Waals surface area contributed by atoms with Crippen LogP contribution in [0.15, 0.2) is 70.1 Å². The van der Waals surface area contributed by atoms with Crippen molar-refractivity contribution in [1.82, 2.24) is 20.9 Å². The van der Waals surface area contributed by atoms with Gasteiger partial charge in [-0.3, -0.25) is 9.79 Å². The zero-order valence-electron chi connectivity index (χ0n) is 18.4. The van der Waals surface area contributed by atoms with Gasteiger partial charge in [-0.15, -0.1) is 35.3 Å². The minimum atomic E-state index is -0.0825. The van der Waals surface area contributed by atoms with Gasteiger partial charge >= 0.3 is 0 Å². The van der Waals surface area contributed by atoms with Crippen molar-refractivity contribution < 1.29 is 9.21 Å². The van der Waals surface area contributed by atoms with Gasteiger partial charge in [-0.1, -0.05) is 24.3 Å². The molecule has 2 aromatic carbocycles. The summed E-state index contributed by atoms with van der Waals surface area (Å²) in [6, 6.07) is 19.6. The molecule has 33 heavy (non-hydrogen) atoms. The zero-order valence-corrected chi connectivity index (χ0v) is 21.6. The highest BCUT2D eigenvalue weighted by Gasteiger charge is 2.11. The van der Waals surface area contributed by atoms with Crippen molar-refractivity contribution in [2.24, 2.45) is 4.99 Å². The van der Waals surface area contributed by atoms with Crippen LogP contribution in [0.3, 0.4) is 0 Å². The third-order valence-electron chi connectivity index (χ3n) is 4.94. The average molecular weight is 575 g/mol. The summed E-state index contributed by atoms with van der Waals surface area (Å²) in [6.45, 7) is 1.20. The summed E-state index contributed by atoms with van der Waals surface area (Å²) in [5.74, 6) is 2.17. The molecule has 172 valence electrons. The number of hydrogen-bond donors (Lipinski definition) is 3. The molecular weight excluding hydrogens is 549 g/mol. The van der Waals surface area contributed by atoms with Gasteiger partial charge in [0.2, 0.25) is 0 Å². The highest BCUT2D eigenvalue weighted by atomic mass is 127. The lowest BCUT2D eigenvalue weighted by molar-refractivity contribution is 0.0963. The van der Waals surface area contributed by atoms with Crippen LogP contribution < -0.4 is 16.0 Å². The van der Waals surface area contributed by atoms with Crippen LogP contribution in [-0.2, 0) is 13.0 Å². The first-order chi connectivity index (χ1) is 15.7. The molecule has 4 rings (SSSR count). The van der Waals surface area contributed by atoms with Crippen molar-refractivity contribution in [2.75, 3.05) is 20.6 Å². The second-order valence-electron chi connectivity index (χ2n) is 7.13. The van der Waals surface area contributed by atoms with Crippen LogP contribution in [0, 0.1) is 0 Å². The SMILES string of the molecule is CN=C(NCCc1cccc(C(=O)NC)c1)NCc1ccc(-c2nc3ccccc3s2)o1.I. The van der Waals surface area contributed by atoms with Crippen LogP contribution in [0.2, 0.25) is 0 Å². The van der Waals surface area contributed by atoms with Crippen molar-refractivity contribution >= 4 is 57.4 Å². The van der Waals surface area contributed by atoms with Gasteiger partial charge in [0.1, 0.15) is 5.76 Å². The number of para-hydroxylation sites is 1. The lowest BCUT2D eigenvalue weighted by atomic mass is 10.1. The molecule has 0 bridgehead atoms. The van der Waals surface area contributed by atoms with Crippen molar-refractivity contribution in [1.29, 1.82) is 0 Å². The van der Waals surface area contributed by atoms with Gasteiger partial charge in [-0.2, -0.15) is 0 Å². The minimum absolute atomic E-state index is 0. The van der Waals surface area contributed by atoms with Crippen LogP contribution >= 0.6 is 35.3 Å². The fraction of sp³-hybridized carbons (Fsp3) is 0.208. The van der Waals surface area contributed by atoms with E-state index in [2.05, 4.69) is 32.0 Å². The summed E-state index contributed by atoms with van der Waals surface area (Å²) in [6.07, 6.45) is 0.772. The van der Waals surface area contributed by atoms with E-state index in [1.54, 1.807) is 25.4 Å². The maximum atomic E-state index is 11.8. The van der Waals surface area contributed by atoms with Crippen molar-refractivity contribution in [2.45, 2.75) is 13.0 Å². The number of hydrogen-bond acceptors (Lipinski definition) is 5. The monoisotopic (exact) mass is 575 g/mol. The molecule has 0 aliphatic heterocycles. The van der Waals surface area contributed by atoms with E-state index in [1.165, 1.54) is 0 Å². The molecule has 3 N–H and O–H groups in total. The Hall–Kier alpha value is -2.92. The number of aliphatic imine (C=N–C) groups is 1. The van der Waals surface area contributed by atoms with Gasteiger partial charge in [-0.05, 0) is 48.4 Å². The van der Waals surface area contributed by atoms with E-state index < -0.39 is 0 Å². The first kappa shape index (κ1) is 24.7. The number of furan rings is 1. The quantitative estimate of drug-likeness (QED) is 0.172. The Morgan fingerprint density at radius 1 is 1.09 bits per heavy atom. The fourth-order valence-electron chi connectivity index (χ4n) is 3.29. The van der Waals surface area contributed by atoms with Gasteiger partial charge in [0.25, 0.3) is 5.91 Å². The van der Waals surface area contributed by atoms with Crippen LogP contribution in [0.4, 0.5) is 0 Å². The highest BCUT2D eigenvalue weighted by Crippen LogP contribution is 2.31. The molecule has 0 aliphatic rings. The third-order valence-corrected chi connectivity index (χ3v) is 5.99. The molecule has 7 nitrogen and oxygen atoms in total. The van der Waals surface area contributed by atoms with E-state index in [-0.39, 0.29) is 29.9 Å². The van der Waals surface area contributed by atoms with Crippen molar-refractivity contribution in [3.8, 4) is 10.8 Å². The number of halogens is 1. The Kier molecular flexibility index (Phi) is 8.84. The van der Waals surface area contributed by atoms with Gasteiger partial charge in [0, 0.05) is 26.2 Å². The Balaban J connectivity index is 0.00000306. The second kappa shape index (κ2) is 11.8. The Labute approximate surface area is 213 Å². The molecule has 0 spiro atoms. The normalized spacial score (nSPS) is 11.2.